The van der Waals surface area contributed by atoms with Gasteiger partial charge in [0.1, 0.15) is 11.6 Å². The number of nitriles is 1. The van der Waals surface area contributed by atoms with E-state index >= 15 is 0 Å². The van der Waals surface area contributed by atoms with E-state index in [1.165, 1.54) is 19.2 Å². The van der Waals surface area contributed by atoms with Gasteiger partial charge < -0.3 is 14.8 Å². The number of carbonyl (C=O) groups is 2. The van der Waals surface area contributed by atoms with Crippen LogP contribution in [0.15, 0.2) is 76.0 Å². The van der Waals surface area contributed by atoms with Crippen molar-refractivity contribution in [1.29, 1.82) is 5.26 Å². The molecular weight excluding hydrogens is 518 g/mol. The van der Waals surface area contributed by atoms with Crippen LogP contribution >= 0.6 is 0 Å². The highest BCUT2D eigenvalue weighted by Gasteiger charge is 2.35. The van der Waals surface area contributed by atoms with E-state index in [4.69, 9.17) is 4.42 Å². The molecule has 200 valence electrons. The lowest BCUT2D eigenvalue weighted by Crippen LogP contribution is -2.45. The number of rotatable bonds is 8. The van der Waals surface area contributed by atoms with Gasteiger partial charge in [-0.3, -0.25) is 9.59 Å². The minimum atomic E-state index is -4.01. The molecule has 0 fully saturated rings. The Bertz CT molecular complexity index is 1700. The molecule has 0 aliphatic carbocycles. The van der Waals surface area contributed by atoms with Crippen molar-refractivity contribution in [3.8, 4) is 17.2 Å². The summed E-state index contributed by atoms with van der Waals surface area (Å²) < 4.78 is 32.6. The van der Waals surface area contributed by atoms with Crippen LogP contribution in [-0.2, 0) is 14.8 Å². The molecule has 1 aromatic heterocycles. The molecule has 4 rings (SSSR count). The summed E-state index contributed by atoms with van der Waals surface area (Å²) in [6.07, 6.45) is 0. The van der Waals surface area contributed by atoms with Gasteiger partial charge in [-0.25, -0.2) is 8.42 Å². The Hall–Kier alpha value is -4.46. The average molecular weight is 546 g/mol. The van der Waals surface area contributed by atoms with Gasteiger partial charge in [0.25, 0.3) is 5.91 Å². The van der Waals surface area contributed by atoms with Crippen molar-refractivity contribution in [1.82, 2.24) is 4.31 Å². The van der Waals surface area contributed by atoms with Crippen LogP contribution in [0.4, 0.5) is 5.69 Å². The van der Waals surface area contributed by atoms with Crippen molar-refractivity contribution in [2.75, 3.05) is 12.4 Å². The van der Waals surface area contributed by atoms with E-state index in [0.29, 0.717) is 27.8 Å². The summed E-state index contributed by atoms with van der Waals surface area (Å²) in [7, 11) is -2.75. The van der Waals surface area contributed by atoms with Crippen molar-refractivity contribution in [2.24, 2.45) is 5.92 Å². The number of hydrogen-bond donors (Lipinski definition) is 2. The Morgan fingerprint density at radius 1 is 1.00 bits per heavy atom. The molecule has 9 nitrogen and oxygen atoms in total. The number of likely N-dealkylation sites (N-methyl/N-ethyl adjacent to an activating group) is 1. The van der Waals surface area contributed by atoms with Gasteiger partial charge in [-0.1, -0.05) is 44.2 Å². The Kier molecular flexibility index (Phi) is 7.58. The monoisotopic (exact) mass is 545 g/mol. The first kappa shape index (κ1) is 27.6. The number of carbonyl (C=O) groups excluding carboxylic acids is 1. The molecule has 2 N–H and O–H groups in total. The van der Waals surface area contributed by atoms with Gasteiger partial charge in [0.2, 0.25) is 10.0 Å². The first-order valence-corrected chi connectivity index (χ1v) is 13.5. The molecule has 1 heterocycles. The second kappa shape index (κ2) is 10.7. The number of furan rings is 1. The molecule has 0 unspecified atom stereocenters. The molecule has 10 heteroatoms. The third kappa shape index (κ3) is 5.27. The fourth-order valence-electron chi connectivity index (χ4n) is 4.54. The first-order chi connectivity index (χ1) is 18.4. The fourth-order valence-corrected chi connectivity index (χ4v) is 5.99. The molecule has 0 radical (unpaired) electrons. The van der Waals surface area contributed by atoms with E-state index < -0.39 is 33.9 Å². The number of fused-ring (bicyclic) bond motifs is 1. The topological polar surface area (TPSA) is 141 Å². The molecular formula is C29H27N3O6S. The van der Waals surface area contributed by atoms with Gasteiger partial charge >= 0.3 is 5.97 Å². The largest absolute Gasteiger partial charge is 0.480 e. The van der Waals surface area contributed by atoms with Crippen molar-refractivity contribution in [2.45, 2.75) is 31.7 Å². The molecule has 0 bridgehead atoms. The normalized spacial score (nSPS) is 12.4. The smallest absolute Gasteiger partial charge is 0.322 e. The van der Waals surface area contributed by atoms with Crippen LogP contribution in [0.25, 0.3) is 22.1 Å². The van der Waals surface area contributed by atoms with Crippen LogP contribution < -0.4 is 5.32 Å². The number of nitrogens with one attached hydrogen (secondary N) is 1. The summed E-state index contributed by atoms with van der Waals surface area (Å²) in [6.45, 7) is 5.04. The molecule has 0 spiro atoms. The number of nitrogens with zero attached hydrogens (tertiary/aromatic N) is 2. The predicted molar refractivity (Wildman–Crippen MR) is 147 cm³/mol. The van der Waals surface area contributed by atoms with Crippen LogP contribution in [0, 0.1) is 24.2 Å². The zero-order valence-corrected chi connectivity index (χ0v) is 22.6. The fraction of sp³-hybridized carbons (Fsp3) is 0.207. The lowest BCUT2D eigenvalue weighted by Gasteiger charge is -2.27. The highest BCUT2D eigenvalue weighted by Crippen LogP contribution is 2.30. The highest BCUT2D eigenvalue weighted by atomic mass is 32.2. The Morgan fingerprint density at radius 2 is 1.59 bits per heavy atom. The summed E-state index contributed by atoms with van der Waals surface area (Å²) in [6, 6.07) is 19.2. The molecule has 1 amide bonds. The highest BCUT2D eigenvalue weighted by molar-refractivity contribution is 7.89. The molecule has 0 aliphatic heterocycles. The molecule has 4 aromatic rings. The number of carboxylic acids is 1. The number of anilines is 1. The number of carboxylic acid groups (broad SMARTS) is 1. The minimum absolute atomic E-state index is 0.00899. The molecule has 0 saturated heterocycles. The molecule has 3 aromatic carbocycles. The molecule has 0 aliphatic rings. The van der Waals surface area contributed by atoms with Gasteiger partial charge in [0, 0.05) is 23.7 Å². The van der Waals surface area contributed by atoms with Crippen LogP contribution in [0.2, 0.25) is 0 Å². The van der Waals surface area contributed by atoms with Gasteiger partial charge in [-0.2, -0.15) is 9.57 Å². The lowest BCUT2D eigenvalue weighted by atomic mass is 10.1. The standard InChI is InChI=1S/C29H27N3O6S/c1-17(2)26(29(34)35)32(4)39(36,37)23-14-10-20(11-15-23)19-8-12-22(13-9-19)31-28(33)27-18(3)25-21(16-30)6-5-7-24(25)38-27/h5-15,17,26H,1-4H3,(H,31,33)(H,34,35)/t26-/m0/s1. The minimum Gasteiger partial charge on any atom is -0.480 e. The molecule has 39 heavy (non-hydrogen) atoms. The Balaban J connectivity index is 1.51. The average Bonchev–Trinajstić information content (AvgIpc) is 3.25. The second-order valence-corrected chi connectivity index (χ2v) is 11.4. The Labute approximate surface area is 226 Å². The predicted octanol–water partition coefficient (Wildman–Crippen LogP) is 5.26. The number of hydrogen-bond acceptors (Lipinski definition) is 6. The zero-order chi connectivity index (χ0) is 28.5. The number of benzene rings is 3. The zero-order valence-electron chi connectivity index (χ0n) is 21.8. The van der Waals surface area contributed by atoms with E-state index in [2.05, 4.69) is 11.4 Å². The van der Waals surface area contributed by atoms with Gasteiger partial charge in [0.05, 0.1) is 16.5 Å². The van der Waals surface area contributed by atoms with Crippen molar-refractivity contribution < 1.29 is 27.5 Å². The first-order valence-electron chi connectivity index (χ1n) is 12.1. The molecule has 1 atom stereocenters. The summed E-state index contributed by atoms with van der Waals surface area (Å²) in [5.74, 6) is -1.94. The summed E-state index contributed by atoms with van der Waals surface area (Å²) in [5, 5.41) is 22.2. The third-order valence-corrected chi connectivity index (χ3v) is 8.42. The van der Waals surface area contributed by atoms with Gasteiger partial charge in [-0.05, 0) is 60.4 Å². The second-order valence-electron chi connectivity index (χ2n) is 9.45. The van der Waals surface area contributed by atoms with E-state index in [1.54, 1.807) is 75.4 Å². The Morgan fingerprint density at radius 3 is 2.13 bits per heavy atom. The number of aliphatic carboxylic acids is 1. The maximum Gasteiger partial charge on any atom is 0.322 e. The third-order valence-electron chi connectivity index (χ3n) is 6.56. The molecule has 0 saturated carbocycles. The van der Waals surface area contributed by atoms with E-state index in [9.17, 15) is 28.4 Å². The van der Waals surface area contributed by atoms with E-state index in [-0.39, 0.29) is 10.7 Å². The number of sulfonamides is 1. The van der Waals surface area contributed by atoms with Crippen molar-refractivity contribution in [3.05, 3.63) is 83.6 Å². The van der Waals surface area contributed by atoms with Crippen LogP contribution in [0.1, 0.15) is 35.5 Å². The van der Waals surface area contributed by atoms with Crippen molar-refractivity contribution >= 4 is 38.6 Å². The quantitative estimate of drug-likeness (QED) is 0.308. The van der Waals surface area contributed by atoms with Gasteiger partial charge in [0.15, 0.2) is 5.76 Å². The maximum absolute atomic E-state index is 13.0. The number of aryl methyl sites for hydroxylation is 1. The summed E-state index contributed by atoms with van der Waals surface area (Å²) in [4.78, 5) is 24.5. The van der Waals surface area contributed by atoms with E-state index in [0.717, 1.165) is 15.4 Å². The lowest BCUT2D eigenvalue weighted by molar-refractivity contribution is -0.142. The van der Waals surface area contributed by atoms with Crippen LogP contribution in [0.5, 0.6) is 0 Å². The van der Waals surface area contributed by atoms with E-state index in [1.807, 2.05) is 0 Å². The van der Waals surface area contributed by atoms with Gasteiger partial charge in [-0.15, -0.1) is 0 Å². The maximum atomic E-state index is 13.0. The number of amides is 1. The van der Waals surface area contributed by atoms with Crippen molar-refractivity contribution in [3.63, 3.8) is 0 Å². The summed E-state index contributed by atoms with van der Waals surface area (Å²) >= 11 is 0. The van der Waals surface area contributed by atoms with Crippen LogP contribution in [-0.4, -0.2) is 42.8 Å². The van der Waals surface area contributed by atoms with Crippen LogP contribution in [0.3, 0.4) is 0 Å². The SMILES string of the molecule is Cc1c(C(=O)Nc2ccc(-c3ccc(S(=O)(=O)N(C)[C@H](C(=O)O)C(C)C)cc3)cc2)oc2cccc(C#N)c12. The summed E-state index contributed by atoms with van der Waals surface area (Å²) in [5.41, 5.74) is 3.54.